The Hall–Kier alpha value is -4.54. The molecule has 0 saturated carbocycles. The summed E-state index contributed by atoms with van der Waals surface area (Å²) in [6.07, 6.45) is 3.79. The number of hydrogen-bond donors (Lipinski definition) is 5. The first kappa shape index (κ1) is 33.7. The number of rotatable bonds is 9. The molecule has 1 aromatic heterocycles. The van der Waals surface area contributed by atoms with Gasteiger partial charge in [0.15, 0.2) is 0 Å². The number of aromatic nitrogens is 2. The van der Waals surface area contributed by atoms with Gasteiger partial charge in [-0.15, -0.1) is 0 Å². The lowest BCUT2D eigenvalue weighted by Crippen LogP contribution is -2.32. The van der Waals surface area contributed by atoms with Gasteiger partial charge in [0, 0.05) is 41.6 Å². The second kappa shape index (κ2) is 16.0. The van der Waals surface area contributed by atoms with Crippen LogP contribution >= 0.6 is 0 Å². The number of nitrogens with two attached hydrogens (primary N) is 1. The van der Waals surface area contributed by atoms with E-state index in [9.17, 15) is 9.59 Å². The Kier molecular flexibility index (Phi) is 12.9. The second-order valence-electron chi connectivity index (χ2n) is 10.4. The maximum atomic E-state index is 12.7. The number of carbonyl (C=O) groups is 2. The zero-order chi connectivity index (χ0) is 31.3. The van der Waals surface area contributed by atoms with Crippen LogP contribution in [0.3, 0.4) is 0 Å². The summed E-state index contributed by atoms with van der Waals surface area (Å²) in [5.41, 5.74) is 12.1. The number of aryl methyl sites for hydroxylation is 1. The maximum Gasteiger partial charge on any atom is 0.243 e. The summed E-state index contributed by atoms with van der Waals surface area (Å²) in [6, 6.07) is 19.4. The molecule has 0 aliphatic rings. The van der Waals surface area contributed by atoms with Crippen molar-refractivity contribution in [3.05, 3.63) is 83.6 Å². The van der Waals surface area contributed by atoms with Gasteiger partial charge in [0.2, 0.25) is 12.3 Å². The molecule has 3 aromatic carbocycles. The number of fused-ring (bicyclic) bond motifs is 1. The molecule has 4 aromatic rings. The normalized spacial score (nSPS) is 10.5. The molecular formula is C32H44N8O2. The molecule has 0 unspecified atom stereocenters. The molecule has 0 aliphatic heterocycles. The van der Waals surface area contributed by atoms with E-state index < -0.39 is 5.54 Å². The Bertz CT molecular complexity index is 1470. The fraction of sp³-hybridized carbons (Fsp3) is 0.312. The average Bonchev–Trinajstić information content (AvgIpc) is 3.30. The van der Waals surface area contributed by atoms with Gasteiger partial charge in [0.05, 0.1) is 18.3 Å². The third-order valence-electron chi connectivity index (χ3n) is 6.23. The third-order valence-corrected chi connectivity index (χ3v) is 6.23. The minimum Gasteiger partial charge on any atom is -0.355 e. The molecule has 0 aliphatic carbocycles. The summed E-state index contributed by atoms with van der Waals surface area (Å²) in [4.78, 5) is 25.9. The minimum absolute atomic E-state index is 0.0610. The summed E-state index contributed by atoms with van der Waals surface area (Å²) in [7, 11) is 5.67. The van der Waals surface area contributed by atoms with Crippen LogP contribution in [0.25, 0.3) is 10.9 Å². The Morgan fingerprint density at radius 3 is 2.40 bits per heavy atom. The Balaban J connectivity index is 0.000000946. The SMILES string of the molecule is CC=N.CNC.Cc1c(CN(C=O)CC(=O)Nc2cccc(C(C)(C)N)c2)cccc1Nc1ccc2c(cnn2C)c1. The molecule has 4 rings (SSSR count). The number of hydrogen-bond acceptors (Lipinski definition) is 7. The summed E-state index contributed by atoms with van der Waals surface area (Å²) in [5, 5.41) is 20.5. The van der Waals surface area contributed by atoms with E-state index >= 15 is 0 Å². The lowest BCUT2D eigenvalue weighted by molar-refractivity contribution is -0.125. The molecule has 10 heteroatoms. The number of anilines is 3. The number of nitrogens with one attached hydrogen (secondary N) is 4. The fourth-order valence-corrected chi connectivity index (χ4v) is 4.12. The van der Waals surface area contributed by atoms with E-state index in [0.717, 1.165) is 39.0 Å². The van der Waals surface area contributed by atoms with Crippen LogP contribution in [0.15, 0.2) is 66.9 Å². The fourth-order valence-electron chi connectivity index (χ4n) is 4.12. The van der Waals surface area contributed by atoms with Crippen LogP contribution in [0.2, 0.25) is 0 Å². The standard InChI is InChI=1S/C28H32N6O2.C2H7N.C2H5N/c1-19-20(7-5-10-25(19)31-24-11-12-26-21(13-24)15-30-33(26)4)16-34(18-35)17-27(36)32-23-9-6-8-22(14-23)28(2,3)29;1-3-2;1-2-3/h5-15,18,31H,16-17,29H2,1-4H3,(H,32,36);3H,1-2H3;2-3H,1H3. The van der Waals surface area contributed by atoms with Crippen LogP contribution in [0, 0.1) is 12.3 Å². The lowest BCUT2D eigenvalue weighted by Gasteiger charge is -2.21. The molecule has 0 radical (unpaired) electrons. The molecule has 10 nitrogen and oxygen atoms in total. The van der Waals surface area contributed by atoms with Crippen molar-refractivity contribution >= 4 is 46.5 Å². The molecule has 0 fully saturated rings. The monoisotopic (exact) mass is 572 g/mol. The highest BCUT2D eigenvalue weighted by atomic mass is 16.2. The molecule has 1 heterocycles. The van der Waals surface area contributed by atoms with Gasteiger partial charge in [0.25, 0.3) is 0 Å². The van der Waals surface area contributed by atoms with Crippen molar-refractivity contribution in [3.63, 3.8) is 0 Å². The number of benzene rings is 3. The molecule has 0 saturated heterocycles. The van der Waals surface area contributed by atoms with E-state index in [-0.39, 0.29) is 12.5 Å². The molecule has 0 atom stereocenters. The lowest BCUT2D eigenvalue weighted by atomic mass is 9.95. The van der Waals surface area contributed by atoms with Crippen molar-refractivity contribution in [2.24, 2.45) is 12.8 Å². The summed E-state index contributed by atoms with van der Waals surface area (Å²) >= 11 is 0. The zero-order valence-corrected chi connectivity index (χ0v) is 25.7. The van der Waals surface area contributed by atoms with Crippen LogP contribution in [-0.4, -0.2) is 53.9 Å². The highest BCUT2D eigenvalue weighted by Gasteiger charge is 2.16. The van der Waals surface area contributed by atoms with E-state index in [1.165, 1.54) is 11.1 Å². The van der Waals surface area contributed by atoms with Crippen LogP contribution < -0.4 is 21.7 Å². The van der Waals surface area contributed by atoms with Gasteiger partial charge >= 0.3 is 0 Å². The molecule has 6 N–H and O–H groups in total. The van der Waals surface area contributed by atoms with Crippen LogP contribution in [0.1, 0.15) is 37.5 Å². The predicted octanol–water partition coefficient (Wildman–Crippen LogP) is 4.91. The Morgan fingerprint density at radius 1 is 1.10 bits per heavy atom. The van der Waals surface area contributed by atoms with Crippen molar-refractivity contribution in [3.8, 4) is 0 Å². The Labute approximate surface area is 248 Å². The zero-order valence-electron chi connectivity index (χ0n) is 25.7. The smallest absolute Gasteiger partial charge is 0.243 e. The molecule has 2 amide bonds. The average molecular weight is 573 g/mol. The quantitative estimate of drug-likeness (QED) is 0.143. The molecule has 224 valence electrons. The summed E-state index contributed by atoms with van der Waals surface area (Å²) in [6.45, 7) is 7.74. The maximum absolute atomic E-state index is 12.7. The number of amides is 2. The highest BCUT2D eigenvalue weighted by molar-refractivity contribution is 5.93. The Morgan fingerprint density at radius 2 is 1.76 bits per heavy atom. The van der Waals surface area contributed by atoms with Gasteiger partial charge in [0.1, 0.15) is 0 Å². The predicted molar refractivity (Wildman–Crippen MR) is 173 cm³/mol. The summed E-state index contributed by atoms with van der Waals surface area (Å²) < 4.78 is 1.84. The van der Waals surface area contributed by atoms with Crippen molar-refractivity contribution in [2.75, 3.05) is 31.3 Å². The van der Waals surface area contributed by atoms with Crippen molar-refractivity contribution in [2.45, 2.75) is 39.8 Å². The van der Waals surface area contributed by atoms with E-state index in [4.69, 9.17) is 11.1 Å². The third kappa shape index (κ3) is 9.83. The molecule has 0 spiro atoms. The first-order valence-electron chi connectivity index (χ1n) is 13.7. The summed E-state index contributed by atoms with van der Waals surface area (Å²) in [5.74, 6) is -0.272. The largest absolute Gasteiger partial charge is 0.355 e. The first-order chi connectivity index (χ1) is 20.0. The van der Waals surface area contributed by atoms with Crippen molar-refractivity contribution < 1.29 is 9.59 Å². The highest BCUT2D eigenvalue weighted by Crippen LogP contribution is 2.26. The van der Waals surface area contributed by atoms with Crippen LogP contribution in [-0.2, 0) is 28.7 Å². The van der Waals surface area contributed by atoms with Gasteiger partial charge < -0.3 is 32.0 Å². The van der Waals surface area contributed by atoms with Gasteiger partial charge in [-0.3, -0.25) is 14.3 Å². The van der Waals surface area contributed by atoms with Crippen LogP contribution in [0.4, 0.5) is 17.1 Å². The second-order valence-corrected chi connectivity index (χ2v) is 10.4. The van der Waals surface area contributed by atoms with Gasteiger partial charge in [-0.2, -0.15) is 5.10 Å². The number of nitrogens with zero attached hydrogens (tertiary/aromatic N) is 3. The number of carbonyl (C=O) groups excluding carboxylic acids is 2. The van der Waals surface area contributed by atoms with Gasteiger partial charge in [-0.05, 0) is 101 Å². The van der Waals surface area contributed by atoms with E-state index in [2.05, 4.69) is 27.1 Å². The topological polar surface area (TPSA) is 141 Å². The molecular weight excluding hydrogens is 528 g/mol. The van der Waals surface area contributed by atoms with Crippen LogP contribution in [0.5, 0.6) is 0 Å². The van der Waals surface area contributed by atoms with E-state index in [0.29, 0.717) is 18.6 Å². The first-order valence-corrected chi connectivity index (χ1v) is 13.7. The van der Waals surface area contributed by atoms with Crippen molar-refractivity contribution in [1.82, 2.24) is 20.0 Å². The van der Waals surface area contributed by atoms with Crippen molar-refractivity contribution in [1.29, 1.82) is 5.41 Å². The molecule has 0 bridgehead atoms. The van der Waals surface area contributed by atoms with Gasteiger partial charge in [-0.25, -0.2) is 0 Å². The molecule has 42 heavy (non-hydrogen) atoms. The van der Waals surface area contributed by atoms with E-state index in [1.807, 2.05) is 101 Å². The van der Waals surface area contributed by atoms with Gasteiger partial charge in [-0.1, -0.05) is 24.3 Å². The minimum atomic E-state index is -0.518. The van der Waals surface area contributed by atoms with E-state index in [1.54, 1.807) is 13.0 Å².